The fourth-order valence-electron chi connectivity index (χ4n) is 1.94. The van der Waals surface area contributed by atoms with Crippen LogP contribution < -0.4 is 11.1 Å². The van der Waals surface area contributed by atoms with Crippen LogP contribution in [0, 0.1) is 0 Å². The molecule has 3 N–H and O–H groups in total. The highest BCUT2D eigenvalue weighted by Gasteiger charge is 2.26. The summed E-state index contributed by atoms with van der Waals surface area (Å²) in [5.41, 5.74) is 6.53. The van der Waals surface area contributed by atoms with E-state index in [1.54, 1.807) is 12.3 Å². The van der Waals surface area contributed by atoms with E-state index in [4.69, 9.17) is 5.73 Å². The Morgan fingerprint density at radius 1 is 1.35 bits per heavy atom. The van der Waals surface area contributed by atoms with Crippen LogP contribution in [0.3, 0.4) is 0 Å². The Balaban J connectivity index is 2.89. The van der Waals surface area contributed by atoms with Crippen LogP contribution in [0.15, 0.2) is 18.5 Å². The summed E-state index contributed by atoms with van der Waals surface area (Å²) in [5, 5.41) is 3.09. The molecule has 0 aromatic carbocycles. The highest BCUT2D eigenvalue weighted by Crippen LogP contribution is 2.20. The van der Waals surface area contributed by atoms with Gasteiger partial charge in [0.25, 0.3) is 5.91 Å². The van der Waals surface area contributed by atoms with Crippen LogP contribution in [-0.4, -0.2) is 16.4 Å². The molecule has 0 aliphatic carbocycles. The van der Waals surface area contributed by atoms with Crippen molar-refractivity contribution < 1.29 is 4.79 Å². The second-order valence-corrected chi connectivity index (χ2v) is 4.26. The summed E-state index contributed by atoms with van der Waals surface area (Å²) in [6, 6.07) is 1.65. The topological polar surface area (TPSA) is 68.0 Å². The van der Waals surface area contributed by atoms with Crippen molar-refractivity contribution in [3.8, 4) is 0 Å². The first kappa shape index (κ1) is 13.5. The molecule has 0 atom stereocenters. The summed E-state index contributed by atoms with van der Waals surface area (Å²) in [5.74, 6) is -0.115. The number of nitrogens with zero attached hydrogens (tertiary/aromatic N) is 1. The number of nitrogens with two attached hydrogens (primary N) is 1. The molecule has 1 amide bonds. The maximum Gasteiger partial charge on any atom is 0.253 e. The van der Waals surface area contributed by atoms with Gasteiger partial charge in [-0.3, -0.25) is 9.78 Å². The molecule has 1 aromatic rings. The first-order valence-corrected chi connectivity index (χ1v) is 6.10. The lowest BCUT2D eigenvalue weighted by molar-refractivity contribution is 0.0889. The monoisotopic (exact) mass is 235 g/mol. The van der Waals surface area contributed by atoms with Crippen LogP contribution in [-0.2, 0) is 0 Å². The van der Waals surface area contributed by atoms with E-state index in [1.165, 1.54) is 6.20 Å². The molecule has 0 bridgehead atoms. The van der Waals surface area contributed by atoms with Gasteiger partial charge in [-0.15, -0.1) is 0 Å². The second-order valence-electron chi connectivity index (χ2n) is 4.26. The number of pyridine rings is 1. The van der Waals surface area contributed by atoms with E-state index in [0.29, 0.717) is 11.3 Å². The number of carbonyl (C=O) groups excluding carboxylic acids is 1. The molecule has 1 aromatic heterocycles. The Morgan fingerprint density at radius 2 is 1.94 bits per heavy atom. The van der Waals surface area contributed by atoms with E-state index in [1.807, 2.05) is 0 Å². The third-order valence-corrected chi connectivity index (χ3v) is 3.51. The van der Waals surface area contributed by atoms with Gasteiger partial charge in [0.2, 0.25) is 0 Å². The average molecular weight is 235 g/mol. The van der Waals surface area contributed by atoms with Crippen LogP contribution in [0.5, 0.6) is 0 Å². The largest absolute Gasteiger partial charge is 0.397 e. The van der Waals surface area contributed by atoms with Crippen LogP contribution in [0.25, 0.3) is 0 Å². The van der Waals surface area contributed by atoms with E-state index in [-0.39, 0.29) is 11.4 Å². The molecule has 4 nitrogen and oxygen atoms in total. The molecular formula is C13H21N3O. The Labute approximate surface area is 103 Å². The van der Waals surface area contributed by atoms with Crippen LogP contribution in [0.2, 0.25) is 0 Å². The van der Waals surface area contributed by atoms with E-state index < -0.39 is 0 Å². The standard InChI is InChI=1S/C13H21N3O/c1-4-13(5-2,6-3)16-12(17)10-7-8-15-9-11(10)14/h7-9H,4-6,14H2,1-3H3,(H,16,17). The SMILES string of the molecule is CCC(CC)(CC)NC(=O)c1ccncc1N. The fraction of sp³-hybridized carbons (Fsp3) is 0.538. The van der Waals surface area contributed by atoms with Gasteiger partial charge in [0.15, 0.2) is 0 Å². The van der Waals surface area contributed by atoms with Gasteiger partial charge in [-0.2, -0.15) is 0 Å². The van der Waals surface area contributed by atoms with Gasteiger partial charge in [-0.1, -0.05) is 20.8 Å². The van der Waals surface area contributed by atoms with Gasteiger partial charge in [0, 0.05) is 11.7 Å². The summed E-state index contributed by atoms with van der Waals surface area (Å²) >= 11 is 0. The summed E-state index contributed by atoms with van der Waals surface area (Å²) in [6.45, 7) is 6.26. The summed E-state index contributed by atoms with van der Waals surface area (Å²) in [6.07, 6.45) is 5.82. The van der Waals surface area contributed by atoms with Crippen molar-refractivity contribution in [2.24, 2.45) is 0 Å². The number of aromatic nitrogens is 1. The van der Waals surface area contributed by atoms with E-state index in [9.17, 15) is 4.79 Å². The number of nitrogens with one attached hydrogen (secondary N) is 1. The lowest BCUT2D eigenvalue weighted by atomic mass is 9.89. The van der Waals surface area contributed by atoms with E-state index in [2.05, 4.69) is 31.1 Å². The molecule has 0 radical (unpaired) electrons. The highest BCUT2D eigenvalue weighted by atomic mass is 16.1. The number of amides is 1. The van der Waals surface area contributed by atoms with Crippen molar-refractivity contribution in [1.82, 2.24) is 10.3 Å². The first-order valence-electron chi connectivity index (χ1n) is 6.10. The van der Waals surface area contributed by atoms with Crippen molar-refractivity contribution in [3.05, 3.63) is 24.0 Å². The smallest absolute Gasteiger partial charge is 0.253 e. The summed E-state index contributed by atoms with van der Waals surface area (Å²) in [7, 11) is 0. The maximum absolute atomic E-state index is 12.1. The molecule has 1 heterocycles. The highest BCUT2D eigenvalue weighted by molar-refractivity contribution is 5.99. The predicted octanol–water partition coefficient (Wildman–Crippen LogP) is 2.36. The number of nitrogen functional groups attached to an aromatic ring is 1. The first-order chi connectivity index (χ1) is 8.08. The third kappa shape index (κ3) is 2.96. The molecule has 0 unspecified atom stereocenters. The van der Waals surface area contributed by atoms with Crippen molar-refractivity contribution in [2.45, 2.75) is 45.6 Å². The number of hydrogen-bond acceptors (Lipinski definition) is 3. The molecule has 0 aliphatic heterocycles. The zero-order valence-electron chi connectivity index (χ0n) is 10.8. The zero-order chi connectivity index (χ0) is 12.9. The Morgan fingerprint density at radius 3 is 2.41 bits per heavy atom. The van der Waals surface area contributed by atoms with Crippen LogP contribution in [0.4, 0.5) is 5.69 Å². The zero-order valence-corrected chi connectivity index (χ0v) is 10.8. The van der Waals surface area contributed by atoms with Crippen LogP contribution >= 0.6 is 0 Å². The molecular weight excluding hydrogens is 214 g/mol. The quantitative estimate of drug-likeness (QED) is 0.823. The normalized spacial score (nSPS) is 11.2. The molecule has 0 fully saturated rings. The van der Waals surface area contributed by atoms with Gasteiger partial charge in [0.05, 0.1) is 17.4 Å². The molecule has 0 saturated heterocycles. The lowest BCUT2D eigenvalue weighted by Gasteiger charge is -2.31. The molecule has 0 aliphatic rings. The van der Waals surface area contributed by atoms with Crippen molar-refractivity contribution in [2.75, 3.05) is 5.73 Å². The van der Waals surface area contributed by atoms with Crippen molar-refractivity contribution in [1.29, 1.82) is 0 Å². The minimum absolute atomic E-state index is 0.115. The Hall–Kier alpha value is -1.58. The van der Waals surface area contributed by atoms with Crippen molar-refractivity contribution >= 4 is 11.6 Å². The summed E-state index contributed by atoms with van der Waals surface area (Å²) in [4.78, 5) is 16.0. The number of hydrogen-bond donors (Lipinski definition) is 2. The van der Waals surface area contributed by atoms with Gasteiger partial charge in [-0.05, 0) is 25.3 Å². The van der Waals surface area contributed by atoms with E-state index >= 15 is 0 Å². The molecule has 1 rings (SSSR count). The van der Waals surface area contributed by atoms with Gasteiger partial charge >= 0.3 is 0 Å². The minimum atomic E-state index is -0.132. The Kier molecular flexibility index (Phi) is 4.49. The van der Waals surface area contributed by atoms with Crippen LogP contribution in [0.1, 0.15) is 50.4 Å². The van der Waals surface area contributed by atoms with Crippen molar-refractivity contribution in [3.63, 3.8) is 0 Å². The molecule has 0 saturated carbocycles. The second kappa shape index (κ2) is 5.66. The number of carbonyl (C=O) groups is 1. The predicted molar refractivity (Wildman–Crippen MR) is 69.7 cm³/mol. The molecule has 17 heavy (non-hydrogen) atoms. The molecule has 4 heteroatoms. The van der Waals surface area contributed by atoms with Gasteiger partial charge < -0.3 is 11.1 Å². The molecule has 94 valence electrons. The Bertz CT molecular complexity index is 378. The van der Waals surface area contributed by atoms with Gasteiger partial charge in [0.1, 0.15) is 0 Å². The number of anilines is 1. The minimum Gasteiger partial charge on any atom is -0.397 e. The number of rotatable bonds is 5. The lowest BCUT2D eigenvalue weighted by Crippen LogP contribution is -2.47. The fourth-order valence-corrected chi connectivity index (χ4v) is 1.94. The maximum atomic E-state index is 12.1. The third-order valence-electron chi connectivity index (χ3n) is 3.51. The van der Waals surface area contributed by atoms with Gasteiger partial charge in [-0.25, -0.2) is 0 Å². The van der Waals surface area contributed by atoms with E-state index in [0.717, 1.165) is 19.3 Å². The summed E-state index contributed by atoms with van der Waals surface area (Å²) < 4.78 is 0. The average Bonchev–Trinajstić information content (AvgIpc) is 2.36. The molecule has 0 spiro atoms.